The lowest BCUT2D eigenvalue weighted by Gasteiger charge is -2.27. The van der Waals surface area contributed by atoms with Crippen LogP contribution in [0.25, 0.3) is 0 Å². The van der Waals surface area contributed by atoms with Gasteiger partial charge >= 0.3 is 0 Å². The van der Waals surface area contributed by atoms with Crippen molar-refractivity contribution in [3.05, 3.63) is 0 Å². The number of rotatable bonds is 7. The van der Waals surface area contributed by atoms with Crippen molar-refractivity contribution in [3.63, 3.8) is 0 Å². The molecule has 4 nitrogen and oxygen atoms in total. The van der Waals surface area contributed by atoms with E-state index in [1.54, 1.807) is 0 Å². The van der Waals surface area contributed by atoms with Gasteiger partial charge < -0.3 is 20.3 Å². The number of ether oxygens (including phenoxy) is 1. The van der Waals surface area contributed by atoms with E-state index >= 15 is 0 Å². The van der Waals surface area contributed by atoms with Gasteiger partial charge in [-0.05, 0) is 25.7 Å². The second-order valence-corrected chi connectivity index (χ2v) is 6.66. The highest BCUT2D eigenvalue weighted by molar-refractivity contribution is 4.83. The Kier molecular flexibility index (Phi) is 6.75. The minimum Gasteiger partial charge on any atom is -0.389 e. The van der Waals surface area contributed by atoms with Gasteiger partial charge in [-0.3, -0.25) is 0 Å². The highest BCUT2D eigenvalue weighted by Crippen LogP contribution is 2.26. The summed E-state index contributed by atoms with van der Waals surface area (Å²) >= 11 is 0. The Labute approximate surface area is 122 Å². The van der Waals surface area contributed by atoms with Crippen LogP contribution in [0.4, 0.5) is 0 Å². The van der Waals surface area contributed by atoms with E-state index in [2.05, 4.69) is 5.32 Å². The van der Waals surface area contributed by atoms with Crippen LogP contribution in [-0.2, 0) is 4.74 Å². The molecular weight excluding hydrogens is 254 g/mol. The zero-order chi connectivity index (χ0) is 14.3. The van der Waals surface area contributed by atoms with Gasteiger partial charge in [-0.25, -0.2) is 0 Å². The topological polar surface area (TPSA) is 61.7 Å². The van der Waals surface area contributed by atoms with Gasteiger partial charge in [-0.2, -0.15) is 0 Å². The molecule has 0 radical (unpaired) electrons. The van der Waals surface area contributed by atoms with E-state index in [-0.39, 0.29) is 0 Å². The molecule has 2 rings (SSSR count). The van der Waals surface area contributed by atoms with Gasteiger partial charge in [0.2, 0.25) is 0 Å². The lowest BCUT2D eigenvalue weighted by molar-refractivity contribution is -0.0115. The maximum absolute atomic E-state index is 10.5. The molecule has 0 aromatic carbocycles. The normalized spacial score (nSPS) is 25.5. The second kappa shape index (κ2) is 8.32. The predicted molar refractivity (Wildman–Crippen MR) is 79.7 cm³/mol. The maximum atomic E-state index is 10.5. The summed E-state index contributed by atoms with van der Waals surface area (Å²) in [6.07, 6.45) is 11.2. The number of nitrogens with one attached hydrogen (secondary N) is 1. The first-order valence-corrected chi connectivity index (χ1v) is 8.41. The van der Waals surface area contributed by atoms with Crippen molar-refractivity contribution in [2.45, 2.75) is 82.0 Å². The van der Waals surface area contributed by atoms with Crippen LogP contribution < -0.4 is 5.32 Å². The third-order valence-electron chi connectivity index (χ3n) is 4.69. The Morgan fingerprint density at radius 2 is 1.70 bits per heavy atom. The molecule has 4 heteroatoms. The molecule has 0 aromatic heterocycles. The molecule has 1 unspecified atom stereocenters. The Balaban J connectivity index is 1.56. The number of aliphatic hydroxyl groups excluding tert-OH is 1. The maximum Gasteiger partial charge on any atom is 0.0897 e. The molecule has 0 heterocycles. The fraction of sp³-hybridized carbons (Fsp3) is 1.00. The second-order valence-electron chi connectivity index (χ2n) is 6.66. The third kappa shape index (κ3) is 5.68. The van der Waals surface area contributed by atoms with Crippen molar-refractivity contribution in [2.24, 2.45) is 0 Å². The Morgan fingerprint density at radius 1 is 1.05 bits per heavy atom. The van der Waals surface area contributed by atoms with E-state index in [1.807, 2.05) is 0 Å². The summed E-state index contributed by atoms with van der Waals surface area (Å²) in [6.45, 7) is 1.51. The summed E-state index contributed by atoms with van der Waals surface area (Å²) in [5.41, 5.74) is -0.567. The summed E-state index contributed by atoms with van der Waals surface area (Å²) in [7, 11) is 0. The molecule has 2 saturated carbocycles. The molecule has 0 aromatic rings. The monoisotopic (exact) mass is 285 g/mol. The molecule has 20 heavy (non-hydrogen) atoms. The summed E-state index contributed by atoms with van der Waals surface area (Å²) in [4.78, 5) is 0. The van der Waals surface area contributed by atoms with Crippen molar-refractivity contribution >= 4 is 0 Å². The van der Waals surface area contributed by atoms with Crippen molar-refractivity contribution in [1.82, 2.24) is 5.32 Å². The van der Waals surface area contributed by atoms with Gasteiger partial charge in [0.25, 0.3) is 0 Å². The summed E-state index contributed by atoms with van der Waals surface area (Å²) in [5, 5.41) is 23.6. The number of hydrogen-bond donors (Lipinski definition) is 3. The average Bonchev–Trinajstić information content (AvgIpc) is 2.85. The fourth-order valence-electron chi connectivity index (χ4n) is 3.40. The van der Waals surface area contributed by atoms with Crippen LogP contribution in [0.2, 0.25) is 0 Å². The van der Waals surface area contributed by atoms with Crippen molar-refractivity contribution < 1.29 is 14.9 Å². The van der Waals surface area contributed by atoms with Crippen LogP contribution in [-0.4, -0.2) is 47.7 Å². The highest BCUT2D eigenvalue weighted by atomic mass is 16.5. The van der Waals surface area contributed by atoms with Crippen LogP contribution in [0.15, 0.2) is 0 Å². The van der Waals surface area contributed by atoms with Crippen LogP contribution in [0, 0.1) is 0 Å². The molecule has 0 saturated heterocycles. The smallest absolute Gasteiger partial charge is 0.0897 e. The molecule has 1 atom stereocenters. The van der Waals surface area contributed by atoms with E-state index in [0.29, 0.717) is 25.8 Å². The first-order valence-electron chi connectivity index (χ1n) is 8.41. The number of aliphatic hydroxyl groups is 2. The van der Waals surface area contributed by atoms with Crippen molar-refractivity contribution in [1.29, 1.82) is 0 Å². The van der Waals surface area contributed by atoms with Gasteiger partial charge in [-0.1, -0.05) is 38.5 Å². The highest BCUT2D eigenvalue weighted by Gasteiger charge is 2.27. The van der Waals surface area contributed by atoms with Crippen LogP contribution in [0.5, 0.6) is 0 Å². The van der Waals surface area contributed by atoms with E-state index in [0.717, 1.165) is 38.5 Å². The predicted octanol–water partition coefficient (Wildman–Crippen LogP) is 1.98. The van der Waals surface area contributed by atoms with E-state index in [1.165, 1.54) is 25.7 Å². The van der Waals surface area contributed by atoms with Crippen LogP contribution in [0.1, 0.15) is 64.2 Å². The molecule has 2 aliphatic carbocycles. The van der Waals surface area contributed by atoms with Gasteiger partial charge in [0.1, 0.15) is 0 Å². The molecule has 2 aliphatic rings. The minimum atomic E-state index is -0.567. The van der Waals surface area contributed by atoms with Crippen LogP contribution in [0.3, 0.4) is 0 Å². The SMILES string of the molecule is OC(CNCC1(O)CCCCCC1)COC1CCCC1. The molecule has 0 spiro atoms. The van der Waals surface area contributed by atoms with Gasteiger partial charge in [-0.15, -0.1) is 0 Å². The Morgan fingerprint density at radius 3 is 2.35 bits per heavy atom. The average molecular weight is 285 g/mol. The molecule has 2 fully saturated rings. The lowest BCUT2D eigenvalue weighted by Crippen LogP contribution is -2.43. The quantitative estimate of drug-likeness (QED) is 0.626. The largest absolute Gasteiger partial charge is 0.389 e. The Hall–Kier alpha value is -0.160. The zero-order valence-corrected chi connectivity index (χ0v) is 12.6. The molecular formula is C16H31NO3. The van der Waals surface area contributed by atoms with E-state index in [4.69, 9.17) is 4.74 Å². The fourth-order valence-corrected chi connectivity index (χ4v) is 3.40. The van der Waals surface area contributed by atoms with Crippen LogP contribution >= 0.6 is 0 Å². The molecule has 0 bridgehead atoms. The standard InChI is InChI=1S/C16H31NO3/c18-14(12-20-15-7-3-4-8-15)11-17-13-16(19)9-5-1-2-6-10-16/h14-15,17-19H,1-13H2. The van der Waals surface area contributed by atoms with Gasteiger partial charge in [0.15, 0.2) is 0 Å². The molecule has 0 aliphatic heterocycles. The lowest BCUT2D eigenvalue weighted by atomic mass is 9.94. The molecule has 3 N–H and O–H groups in total. The van der Waals surface area contributed by atoms with E-state index in [9.17, 15) is 10.2 Å². The molecule has 0 amide bonds. The minimum absolute atomic E-state index is 0.357. The molecule has 118 valence electrons. The van der Waals surface area contributed by atoms with Crippen molar-refractivity contribution in [2.75, 3.05) is 19.7 Å². The summed E-state index contributed by atoms with van der Waals surface area (Å²) in [5.74, 6) is 0. The van der Waals surface area contributed by atoms with Gasteiger partial charge in [0, 0.05) is 13.1 Å². The van der Waals surface area contributed by atoms with Crippen molar-refractivity contribution in [3.8, 4) is 0 Å². The first kappa shape index (κ1) is 16.2. The first-order chi connectivity index (χ1) is 9.68. The Bertz CT molecular complexity index is 258. The summed E-state index contributed by atoms with van der Waals surface area (Å²) in [6, 6.07) is 0. The number of hydrogen-bond acceptors (Lipinski definition) is 4. The summed E-state index contributed by atoms with van der Waals surface area (Å²) < 4.78 is 5.70. The third-order valence-corrected chi connectivity index (χ3v) is 4.69. The van der Waals surface area contributed by atoms with E-state index < -0.39 is 11.7 Å². The zero-order valence-electron chi connectivity index (χ0n) is 12.6. The van der Waals surface area contributed by atoms with Gasteiger partial charge in [0.05, 0.1) is 24.4 Å².